The highest BCUT2D eigenvalue weighted by Crippen LogP contribution is 2.22. The van der Waals surface area contributed by atoms with Gasteiger partial charge in [0.15, 0.2) is 0 Å². The van der Waals surface area contributed by atoms with E-state index in [1.165, 1.54) is 0 Å². The second kappa shape index (κ2) is 9.26. The van der Waals surface area contributed by atoms with Gasteiger partial charge in [0.05, 0.1) is 11.0 Å². The first-order valence-electron chi connectivity index (χ1n) is 10.4. The Morgan fingerprint density at radius 3 is 2.52 bits per heavy atom. The van der Waals surface area contributed by atoms with E-state index in [0.29, 0.717) is 24.2 Å². The van der Waals surface area contributed by atoms with Crippen molar-refractivity contribution in [3.8, 4) is 5.69 Å². The lowest BCUT2D eigenvalue weighted by Crippen LogP contribution is -2.22. The molecule has 156 valence electrons. The third-order valence-electron chi connectivity index (χ3n) is 4.97. The zero-order chi connectivity index (χ0) is 21.6. The molecule has 4 rings (SSSR count). The van der Waals surface area contributed by atoms with Gasteiger partial charge in [-0.3, -0.25) is 14.2 Å². The van der Waals surface area contributed by atoms with E-state index in [1.807, 2.05) is 61.5 Å². The van der Waals surface area contributed by atoms with Crippen molar-refractivity contribution in [1.29, 1.82) is 0 Å². The minimum absolute atomic E-state index is 0.125. The molecule has 1 aromatic heterocycles. The maximum Gasteiger partial charge on any atom is 0.251 e. The zero-order valence-corrected chi connectivity index (χ0v) is 17.3. The molecule has 2 N–H and O–H groups in total. The summed E-state index contributed by atoms with van der Waals surface area (Å²) in [5, 5.41) is 5.65. The van der Waals surface area contributed by atoms with E-state index < -0.39 is 0 Å². The van der Waals surface area contributed by atoms with E-state index >= 15 is 0 Å². The van der Waals surface area contributed by atoms with E-state index in [4.69, 9.17) is 4.98 Å². The van der Waals surface area contributed by atoms with Crippen molar-refractivity contribution in [3.63, 3.8) is 0 Å². The number of anilines is 1. The average Bonchev–Trinajstić information content (AvgIpc) is 3.17. The Bertz CT molecular complexity index is 1210. The fraction of sp³-hybridized carbons (Fsp3) is 0.160. The minimum Gasteiger partial charge on any atom is -0.352 e. The summed E-state index contributed by atoms with van der Waals surface area (Å²) < 4.78 is 2.10. The molecule has 2 amide bonds. The lowest BCUT2D eigenvalue weighted by molar-refractivity contribution is -0.116. The van der Waals surface area contributed by atoms with Crippen molar-refractivity contribution in [2.45, 2.75) is 19.8 Å². The largest absolute Gasteiger partial charge is 0.352 e. The first kappa shape index (κ1) is 20.3. The molecule has 0 saturated heterocycles. The van der Waals surface area contributed by atoms with Gasteiger partial charge >= 0.3 is 0 Å². The molecule has 6 nitrogen and oxygen atoms in total. The van der Waals surface area contributed by atoms with Crippen molar-refractivity contribution in [1.82, 2.24) is 14.9 Å². The van der Waals surface area contributed by atoms with Crippen LogP contribution in [0.15, 0.2) is 78.9 Å². The summed E-state index contributed by atoms with van der Waals surface area (Å²) in [7, 11) is 0. The maximum atomic E-state index is 12.6. The highest BCUT2D eigenvalue weighted by molar-refractivity contribution is 5.97. The van der Waals surface area contributed by atoms with Crippen LogP contribution in [-0.2, 0) is 11.2 Å². The number of para-hydroxylation sites is 3. The summed E-state index contributed by atoms with van der Waals surface area (Å²) in [6.07, 6.45) is 0.771. The molecule has 0 saturated carbocycles. The van der Waals surface area contributed by atoms with E-state index in [9.17, 15) is 9.59 Å². The van der Waals surface area contributed by atoms with Crippen LogP contribution in [0.1, 0.15) is 29.5 Å². The molecule has 0 aliphatic rings. The molecular formula is C25H24N4O2. The van der Waals surface area contributed by atoms with Crippen molar-refractivity contribution in [2.75, 3.05) is 11.9 Å². The summed E-state index contributed by atoms with van der Waals surface area (Å²) in [4.78, 5) is 29.4. The first-order chi connectivity index (χ1) is 15.2. The summed E-state index contributed by atoms with van der Waals surface area (Å²) in [6, 6.07) is 24.9. The SMILES string of the molecule is CCNC(=O)c1cccc(NC(=O)CCc2nc3ccccc3n2-c2ccccc2)c1. The Balaban J connectivity index is 1.50. The number of carbonyl (C=O) groups excluding carboxylic acids is 2. The van der Waals surface area contributed by atoms with Gasteiger partial charge in [-0.2, -0.15) is 0 Å². The monoisotopic (exact) mass is 412 g/mol. The predicted molar refractivity (Wildman–Crippen MR) is 122 cm³/mol. The number of nitrogens with zero attached hydrogens (tertiary/aromatic N) is 2. The topological polar surface area (TPSA) is 76.0 Å². The summed E-state index contributed by atoms with van der Waals surface area (Å²) >= 11 is 0. The number of benzene rings is 3. The minimum atomic E-state index is -0.157. The molecule has 31 heavy (non-hydrogen) atoms. The second-order valence-corrected chi connectivity index (χ2v) is 7.18. The van der Waals surface area contributed by atoms with Crippen LogP contribution in [0.25, 0.3) is 16.7 Å². The number of fused-ring (bicyclic) bond motifs is 1. The number of hydrogen-bond acceptors (Lipinski definition) is 3. The van der Waals surface area contributed by atoms with Crippen LogP contribution in [0.5, 0.6) is 0 Å². The average molecular weight is 412 g/mol. The van der Waals surface area contributed by atoms with Gasteiger partial charge in [0.2, 0.25) is 5.91 Å². The summed E-state index contributed by atoms with van der Waals surface area (Å²) in [5.41, 5.74) is 4.05. The lowest BCUT2D eigenvalue weighted by Gasteiger charge is -2.10. The van der Waals surface area contributed by atoms with Crippen molar-refractivity contribution in [3.05, 3.63) is 90.3 Å². The fourth-order valence-electron chi connectivity index (χ4n) is 3.56. The van der Waals surface area contributed by atoms with Gasteiger partial charge in [-0.1, -0.05) is 36.4 Å². The normalized spacial score (nSPS) is 10.7. The molecule has 4 aromatic rings. The number of hydrogen-bond donors (Lipinski definition) is 2. The molecule has 0 spiro atoms. The number of aromatic nitrogens is 2. The highest BCUT2D eigenvalue weighted by atomic mass is 16.2. The molecule has 6 heteroatoms. The van der Waals surface area contributed by atoms with Gasteiger partial charge in [0, 0.05) is 36.3 Å². The molecule has 0 radical (unpaired) electrons. The van der Waals surface area contributed by atoms with Crippen LogP contribution in [0.4, 0.5) is 5.69 Å². The van der Waals surface area contributed by atoms with Gasteiger partial charge in [-0.25, -0.2) is 4.98 Å². The molecule has 0 aliphatic carbocycles. The second-order valence-electron chi connectivity index (χ2n) is 7.18. The molecule has 0 bridgehead atoms. The highest BCUT2D eigenvalue weighted by Gasteiger charge is 2.14. The number of nitrogens with one attached hydrogen (secondary N) is 2. The summed E-state index contributed by atoms with van der Waals surface area (Å²) in [5.74, 6) is 0.550. The Hall–Kier alpha value is -3.93. The van der Waals surface area contributed by atoms with E-state index in [1.54, 1.807) is 24.3 Å². The number of carbonyl (C=O) groups is 2. The van der Waals surface area contributed by atoms with Crippen molar-refractivity contribution < 1.29 is 9.59 Å². The third-order valence-corrected chi connectivity index (χ3v) is 4.97. The molecule has 0 aliphatic heterocycles. The van der Waals surface area contributed by atoms with Crippen molar-refractivity contribution >= 4 is 28.5 Å². The number of aryl methyl sites for hydroxylation is 1. The predicted octanol–water partition coefficient (Wildman–Crippen LogP) is 4.35. The van der Waals surface area contributed by atoms with Crippen LogP contribution < -0.4 is 10.6 Å². The quantitative estimate of drug-likeness (QED) is 0.474. The molecule has 0 unspecified atom stereocenters. The zero-order valence-electron chi connectivity index (χ0n) is 17.3. The third kappa shape index (κ3) is 4.64. The molecule has 1 heterocycles. The van der Waals surface area contributed by atoms with Gasteiger partial charge in [0.1, 0.15) is 5.82 Å². The molecule has 0 fully saturated rings. The maximum absolute atomic E-state index is 12.6. The Labute approximate surface area is 180 Å². The van der Waals surface area contributed by atoms with Crippen LogP contribution in [0.3, 0.4) is 0 Å². The van der Waals surface area contributed by atoms with E-state index in [2.05, 4.69) is 15.2 Å². The Kier molecular flexibility index (Phi) is 6.08. The van der Waals surface area contributed by atoms with E-state index in [-0.39, 0.29) is 18.2 Å². The number of imidazole rings is 1. The van der Waals surface area contributed by atoms with Gasteiger partial charge in [-0.15, -0.1) is 0 Å². The number of amides is 2. The molecule has 3 aromatic carbocycles. The van der Waals surface area contributed by atoms with Crippen molar-refractivity contribution in [2.24, 2.45) is 0 Å². The summed E-state index contributed by atoms with van der Waals surface area (Å²) in [6.45, 7) is 2.42. The van der Waals surface area contributed by atoms with Gasteiger partial charge in [0.25, 0.3) is 5.91 Å². The van der Waals surface area contributed by atoms with Gasteiger partial charge < -0.3 is 10.6 Å². The van der Waals surface area contributed by atoms with Crippen LogP contribution in [0, 0.1) is 0 Å². The first-order valence-corrected chi connectivity index (χ1v) is 10.4. The molecular weight excluding hydrogens is 388 g/mol. The van der Waals surface area contributed by atoms with Gasteiger partial charge in [-0.05, 0) is 49.4 Å². The fourth-order valence-corrected chi connectivity index (χ4v) is 3.56. The van der Waals surface area contributed by atoms with Crippen LogP contribution >= 0.6 is 0 Å². The lowest BCUT2D eigenvalue weighted by atomic mass is 10.2. The Morgan fingerprint density at radius 2 is 1.71 bits per heavy atom. The van der Waals surface area contributed by atoms with Crippen LogP contribution in [-0.4, -0.2) is 27.9 Å². The Morgan fingerprint density at radius 1 is 0.935 bits per heavy atom. The standard InChI is InChI=1S/C25H24N4O2/c1-2-26-25(31)18-9-8-10-19(17-18)27-24(30)16-15-23-28-21-13-6-7-14-22(21)29(23)20-11-4-3-5-12-20/h3-14,17H,2,15-16H2,1H3,(H,26,31)(H,27,30). The van der Waals surface area contributed by atoms with E-state index in [0.717, 1.165) is 22.5 Å². The smallest absolute Gasteiger partial charge is 0.251 e. The number of rotatable bonds is 7. The van der Waals surface area contributed by atoms with Crippen LogP contribution in [0.2, 0.25) is 0 Å². The molecule has 0 atom stereocenters.